The van der Waals surface area contributed by atoms with Crippen LogP contribution in [0.1, 0.15) is 20.3 Å². The Kier molecular flexibility index (Phi) is 6.79. The molecule has 3 N–H and O–H groups in total. The number of hydrogen-bond donors (Lipinski definition) is 3. The van der Waals surface area contributed by atoms with Gasteiger partial charge in [-0.2, -0.15) is 5.10 Å². The van der Waals surface area contributed by atoms with Crippen molar-refractivity contribution in [1.29, 1.82) is 0 Å². The zero-order chi connectivity index (χ0) is 15.0. The molecule has 1 amide bonds. The molecule has 0 bridgehead atoms. The summed E-state index contributed by atoms with van der Waals surface area (Å²) in [4.78, 5) is 11.5. The van der Waals surface area contributed by atoms with Crippen LogP contribution in [0.4, 0.5) is 5.69 Å². The highest BCUT2D eigenvalue weighted by molar-refractivity contribution is 5.75. The second-order valence-corrected chi connectivity index (χ2v) is 4.93. The monoisotopic (exact) mass is 280 g/mol. The Morgan fingerprint density at radius 2 is 2.35 bits per heavy atom. The van der Waals surface area contributed by atoms with E-state index in [0.29, 0.717) is 12.0 Å². The molecular formula is C14H24N4O2. The number of aromatic nitrogens is 2. The van der Waals surface area contributed by atoms with Gasteiger partial charge in [-0.05, 0) is 19.3 Å². The smallest absolute Gasteiger partial charge is 0.241 e. The maximum Gasteiger partial charge on any atom is 0.241 e. The minimum atomic E-state index is -0.165. The lowest BCUT2D eigenvalue weighted by molar-refractivity contribution is -0.122. The molecule has 0 aliphatic heterocycles. The number of allylic oxidation sites excluding steroid dienone is 1. The van der Waals surface area contributed by atoms with Crippen LogP contribution in [-0.4, -0.2) is 40.0 Å². The van der Waals surface area contributed by atoms with Gasteiger partial charge in [0.1, 0.15) is 6.54 Å². The zero-order valence-electron chi connectivity index (χ0n) is 12.2. The van der Waals surface area contributed by atoms with Gasteiger partial charge in [0, 0.05) is 18.8 Å². The van der Waals surface area contributed by atoms with Gasteiger partial charge in [0.05, 0.1) is 18.5 Å². The van der Waals surface area contributed by atoms with Crippen LogP contribution in [0.25, 0.3) is 0 Å². The average Bonchev–Trinajstić information content (AvgIpc) is 2.83. The molecule has 6 heteroatoms. The van der Waals surface area contributed by atoms with Crippen LogP contribution in [0.15, 0.2) is 25.0 Å². The van der Waals surface area contributed by atoms with Crippen LogP contribution in [0.3, 0.4) is 0 Å². The first-order valence-electron chi connectivity index (χ1n) is 6.84. The summed E-state index contributed by atoms with van der Waals surface area (Å²) < 4.78 is 1.57. The third kappa shape index (κ3) is 5.44. The van der Waals surface area contributed by atoms with Gasteiger partial charge in [-0.15, -0.1) is 6.58 Å². The summed E-state index contributed by atoms with van der Waals surface area (Å²) in [6, 6.07) is 0.300. The molecule has 112 valence electrons. The van der Waals surface area contributed by atoms with Crippen molar-refractivity contribution in [2.45, 2.75) is 32.9 Å². The van der Waals surface area contributed by atoms with Crippen LogP contribution in [-0.2, 0) is 11.3 Å². The molecule has 0 spiro atoms. The van der Waals surface area contributed by atoms with E-state index in [1.807, 2.05) is 6.08 Å². The summed E-state index contributed by atoms with van der Waals surface area (Å²) in [5.74, 6) is 0.311. The first kappa shape index (κ1) is 16.2. The number of rotatable bonds is 9. The number of nitrogens with one attached hydrogen (secondary N) is 2. The normalized spacial score (nSPS) is 13.6. The summed E-state index contributed by atoms with van der Waals surface area (Å²) in [7, 11) is 0. The maximum absolute atomic E-state index is 11.5. The van der Waals surface area contributed by atoms with E-state index in [-0.39, 0.29) is 25.6 Å². The molecule has 0 fully saturated rings. The van der Waals surface area contributed by atoms with Gasteiger partial charge in [0.25, 0.3) is 0 Å². The molecule has 0 aromatic carbocycles. The van der Waals surface area contributed by atoms with Gasteiger partial charge in [-0.3, -0.25) is 9.48 Å². The number of carbonyl (C=O) groups is 1. The summed E-state index contributed by atoms with van der Waals surface area (Å²) in [5.41, 5.74) is 0.892. The number of aliphatic hydroxyl groups excluding tert-OH is 1. The fourth-order valence-corrected chi connectivity index (χ4v) is 1.80. The van der Waals surface area contributed by atoms with E-state index in [1.54, 1.807) is 17.1 Å². The second kappa shape index (κ2) is 8.37. The van der Waals surface area contributed by atoms with Crippen molar-refractivity contribution < 1.29 is 9.90 Å². The summed E-state index contributed by atoms with van der Waals surface area (Å²) in [6.45, 7) is 8.37. The first-order valence-corrected chi connectivity index (χ1v) is 6.84. The Morgan fingerprint density at radius 3 is 3.00 bits per heavy atom. The molecule has 0 aliphatic rings. The molecule has 1 heterocycles. The van der Waals surface area contributed by atoms with Crippen LogP contribution in [0, 0.1) is 5.92 Å². The number of anilines is 1. The Hall–Kier alpha value is -1.82. The predicted octanol–water partition coefficient (Wildman–Crippen LogP) is 1.00. The lowest BCUT2D eigenvalue weighted by atomic mass is 10.00. The Morgan fingerprint density at radius 1 is 1.60 bits per heavy atom. The number of amides is 1. The van der Waals surface area contributed by atoms with E-state index in [9.17, 15) is 4.79 Å². The number of hydrogen-bond acceptors (Lipinski definition) is 4. The van der Waals surface area contributed by atoms with Gasteiger partial charge in [0.15, 0.2) is 0 Å². The summed E-state index contributed by atoms with van der Waals surface area (Å²) >= 11 is 0. The molecule has 0 saturated heterocycles. The molecule has 0 aliphatic carbocycles. The molecule has 20 heavy (non-hydrogen) atoms. The lowest BCUT2D eigenvalue weighted by Crippen LogP contribution is -2.30. The summed E-state index contributed by atoms with van der Waals surface area (Å²) in [6.07, 6.45) is 6.37. The number of nitrogens with zero attached hydrogens (tertiary/aromatic N) is 2. The topological polar surface area (TPSA) is 79.2 Å². The number of aliphatic hydroxyl groups is 1. The predicted molar refractivity (Wildman–Crippen MR) is 79.4 cm³/mol. The van der Waals surface area contributed by atoms with Crippen molar-refractivity contribution in [1.82, 2.24) is 15.1 Å². The highest BCUT2D eigenvalue weighted by Crippen LogP contribution is 2.14. The second-order valence-electron chi connectivity index (χ2n) is 4.93. The fraction of sp³-hybridized carbons (Fsp3) is 0.571. The first-order chi connectivity index (χ1) is 9.56. The minimum Gasteiger partial charge on any atom is -0.395 e. The van der Waals surface area contributed by atoms with Crippen molar-refractivity contribution in [3.05, 3.63) is 25.0 Å². The third-order valence-corrected chi connectivity index (χ3v) is 3.16. The van der Waals surface area contributed by atoms with Gasteiger partial charge >= 0.3 is 0 Å². The molecule has 1 aromatic rings. The largest absolute Gasteiger partial charge is 0.395 e. The van der Waals surface area contributed by atoms with Gasteiger partial charge in [0.2, 0.25) is 5.91 Å². The van der Waals surface area contributed by atoms with E-state index in [1.165, 1.54) is 0 Å². The molecule has 0 saturated carbocycles. The van der Waals surface area contributed by atoms with Crippen molar-refractivity contribution in [3.8, 4) is 0 Å². The van der Waals surface area contributed by atoms with Crippen molar-refractivity contribution in [2.24, 2.45) is 5.92 Å². The minimum absolute atomic E-state index is 0.0592. The van der Waals surface area contributed by atoms with Crippen LogP contribution in [0.2, 0.25) is 0 Å². The van der Waals surface area contributed by atoms with Crippen molar-refractivity contribution in [3.63, 3.8) is 0 Å². The molecule has 2 unspecified atom stereocenters. The molecular weight excluding hydrogens is 256 g/mol. The molecule has 1 aromatic heterocycles. The van der Waals surface area contributed by atoms with Crippen molar-refractivity contribution in [2.75, 3.05) is 18.5 Å². The van der Waals surface area contributed by atoms with E-state index in [4.69, 9.17) is 5.11 Å². The highest BCUT2D eigenvalue weighted by atomic mass is 16.3. The lowest BCUT2D eigenvalue weighted by Gasteiger charge is -2.19. The Bertz CT molecular complexity index is 431. The SMILES string of the molecule is C=CCC(C)C(C)Nc1cnn(CC(=O)NCCO)c1. The molecule has 6 nitrogen and oxygen atoms in total. The fourth-order valence-electron chi connectivity index (χ4n) is 1.80. The third-order valence-electron chi connectivity index (χ3n) is 3.16. The Balaban J connectivity index is 2.46. The van der Waals surface area contributed by atoms with E-state index in [2.05, 4.69) is 36.2 Å². The summed E-state index contributed by atoms with van der Waals surface area (Å²) in [5, 5.41) is 18.7. The molecule has 2 atom stereocenters. The van der Waals surface area contributed by atoms with E-state index < -0.39 is 0 Å². The van der Waals surface area contributed by atoms with Gasteiger partial charge in [-0.1, -0.05) is 13.0 Å². The Labute approximate surface area is 119 Å². The molecule has 0 radical (unpaired) electrons. The highest BCUT2D eigenvalue weighted by Gasteiger charge is 2.11. The quantitative estimate of drug-likeness (QED) is 0.590. The van der Waals surface area contributed by atoms with Gasteiger partial charge < -0.3 is 15.7 Å². The average molecular weight is 280 g/mol. The zero-order valence-corrected chi connectivity index (χ0v) is 12.2. The maximum atomic E-state index is 11.5. The number of carbonyl (C=O) groups excluding carboxylic acids is 1. The van der Waals surface area contributed by atoms with E-state index in [0.717, 1.165) is 12.1 Å². The van der Waals surface area contributed by atoms with Crippen molar-refractivity contribution >= 4 is 11.6 Å². The van der Waals surface area contributed by atoms with Crippen LogP contribution < -0.4 is 10.6 Å². The van der Waals surface area contributed by atoms with Crippen LogP contribution >= 0.6 is 0 Å². The van der Waals surface area contributed by atoms with Gasteiger partial charge in [-0.25, -0.2) is 0 Å². The van der Waals surface area contributed by atoms with E-state index >= 15 is 0 Å². The standard InChI is InChI=1S/C14H24N4O2/c1-4-5-11(2)12(3)17-13-8-16-18(9-13)10-14(20)15-6-7-19/h4,8-9,11-12,17,19H,1,5-7,10H2,2-3H3,(H,15,20). The molecule has 1 rings (SSSR count). The van der Waals surface area contributed by atoms with Crippen LogP contribution in [0.5, 0.6) is 0 Å².